The minimum atomic E-state index is -0.642. The Balaban J connectivity index is 1.81. The fourth-order valence-electron chi connectivity index (χ4n) is 2.68. The largest absolute Gasteiger partial charge is 0.481 e. The van der Waals surface area contributed by atoms with Gasteiger partial charge in [-0.2, -0.15) is 0 Å². The number of ether oxygens (including phenoxy) is 1. The number of hydrogen-bond acceptors (Lipinski definition) is 3. The Hall–Kier alpha value is -2.04. The van der Waals surface area contributed by atoms with Crippen molar-refractivity contribution in [2.45, 2.75) is 52.1 Å². The summed E-state index contributed by atoms with van der Waals surface area (Å²) >= 11 is 0. The van der Waals surface area contributed by atoms with Crippen LogP contribution in [0.4, 0.5) is 0 Å². The molecule has 1 aromatic rings. The molecule has 0 aliphatic carbocycles. The third kappa shape index (κ3) is 4.98. The summed E-state index contributed by atoms with van der Waals surface area (Å²) in [6.07, 6.45) is 1.45. The molecule has 1 aliphatic heterocycles. The first-order valence-corrected chi connectivity index (χ1v) is 8.60. The van der Waals surface area contributed by atoms with Gasteiger partial charge in [-0.3, -0.25) is 9.59 Å². The Labute approximate surface area is 144 Å². The van der Waals surface area contributed by atoms with Crippen molar-refractivity contribution in [1.82, 2.24) is 10.2 Å². The molecular weight excluding hydrogens is 304 g/mol. The molecule has 1 aromatic carbocycles. The molecule has 1 atom stereocenters. The SMILES string of the molecule is CC(Oc1ccc(C(C)(C)C)cc1)C(=O)NCC(=O)N1CCCC1. The van der Waals surface area contributed by atoms with E-state index in [0.717, 1.165) is 25.9 Å². The summed E-state index contributed by atoms with van der Waals surface area (Å²) in [6, 6.07) is 7.77. The fraction of sp³-hybridized carbons (Fsp3) is 0.579. The van der Waals surface area contributed by atoms with Crippen molar-refractivity contribution in [1.29, 1.82) is 0 Å². The summed E-state index contributed by atoms with van der Waals surface area (Å²) in [6.45, 7) is 9.76. The number of amides is 2. The van der Waals surface area contributed by atoms with Crippen LogP contribution in [0.25, 0.3) is 0 Å². The van der Waals surface area contributed by atoms with Crippen molar-refractivity contribution in [3.8, 4) is 5.75 Å². The molecule has 132 valence electrons. The third-order valence-corrected chi connectivity index (χ3v) is 4.28. The van der Waals surface area contributed by atoms with Crippen LogP contribution in [-0.4, -0.2) is 42.5 Å². The lowest BCUT2D eigenvalue weighted by Crippen LogP contribution is -2.43. The highest BCUT2D eigenvalue weighted by Gasteiger charge is 2.21. The number of benzene rings is 1. The molecule has 1 fully saturated rings. The Morgan fingerprint density at radius 2 is 1.75 bits per heavy atom. The minimum absolute atomic E-state index is 0.0254. The number of likely N-dealkylation sites (tertiary alicyclic amines) is 1. The lowest BCUT2D eigenvalue weighted by atomic mass is 9.87. The molecule has 0 bridgehead atoms. The zero-order valence-electron chi connectivity index (χ0n) is 15.1. The zero-order chi connectivity index (χ0) is 17.7. The van der Waals surface area contributed by atoms with E-state index in [-0.39, 0.29) is 23.8 Å². The molecule has 24 heavy (non-hydrogen) atoms. The molecule has 1 aliphatic rings. The fourth-order valence-corrected chi connectivity index (χ4v) is 2.68. The van der Waals surface area contributed by atoms with E-state index in [0.29, 0.717) is 5.75 Å². The van der Waals surface area contributed by atoms with Crippen LogP contribution >= 0.6 is 0 Å². The summed E-state index contributed by atoms with van der Waals surface area (Å²) in [4.78, 5) is 25.8. The zero-order valence-corrected chi connectivity index (χ0v) is 15.1. The van der Waals surface area contributed by atoms with Gasteiger partial charge in [0.05, 0.1) is 6.54 Å². The number of hydrogen-bond donors (Lipinski definition) is 1. The van der Waals surface area contributed by atoms with Gasteiger partial charge in [0.1, 0.15) is 5.75 Å². The van der Waals surface area contributed by atoms with Crippen LogP contribution < -0.4 is 10.1 Å². The van der Waals surface area contributed by atoms with E-state index in [1.807, 2.05) is 24.3 Å². The molecule has 5 nitrogen and oxygen atoms in total. The van der Waals surface area contributed by atoms with Gasteiger partial charge < -0.3 is 15.0 Å². The number of nitrogens with one attached hydrogen (secondary N) is 1. The Morgan fingerprint density at radius 3 is 2.29 bits per heavy atom. The van der Waals surface area contributed by atoms with E-state index in [2.05, 4.69) is 26.1 Å². The predicted octanol–water partition coefficient (Wildman–Crippen LogP) is 2.49. The van der Waals surface area contributed by atoms with E-state index in [4.69, 9.17) is 4.74 Å². The van der Waals surface area contributed by atoms with Gasteiger partial charge >= 0.3 is 0 Å². The van der Waals surface area contributed by atoms with Gasteiger partial charge in [-0.25, -0.2) is 0 Å². The van der Waals surface area contributed by atoms with Gasteiger partial charge in [-0.1, -0.05) is 32.9 Å². The van der Waals surface area contributed by atoms with Gasteiger partial charge in [0.15, 0.2) is 6.10 Å². The summed E-state index contributed by atoms with van der Waals surface area (Å²) in [5, 5.41) is 2.66. The molecule has 2 amide bonds. The normalized spacial score (nSPS) is 15.9. The van der Waals surface area contributed by atoms with Crippen LogP contribution in [-0.2, 0) is 15.0 Å². The third-order valence-electron chi connectivity index (χ3n) is 4.28. The molecule has 0 saturated carbocycles. The van der Waals surface area contributed by atoms with Gasteiger partial charge in [-0.15, -0.1) is 0 Å². The maximum Gasteiger partial charge on any atom is 0.261 e. The molecule has 1 N–H and O–H groups in total. The van der Waals surface area contributed by atoms with Crippen molar-refractivity contribution >= 4 is 11.8 Å². The standard InChI is InChI=1S/C19H28N2O3/c1-14(18(23)20-13-17(22)21-11-5-6-12-21)24-16-9-7-15(8-10-16)19(2,3)4/h7-10,14H,5-6,11-13H2,1-4H3,(H,20,23). The minimum Gasteiger partial charge on any atom is -0.481 e. The molecule has 0 aromatic heterocycles. The summed E-state index contributed by atoms with van der Waals surface area (Å²) in [5.74, 6) is 0.349. The molecule has 1 unspecified atom stereocenters. The number of rotatable bonds is 5. The molecule has 1 heterocycles. The Bertz CT molecular complexity index is 569. The molecule has 1 saturated heterocycles. The average molecular weight is 332 g/mol. The second-order valence-corrected chi connectivity index (χ2v) is 7.34. The molecule has 0 radical (unpaired) electrons. The molecule has 0 spiro atoms. The first kappa shape index (κ1) is 18.3. The summed E-state index contributed by atoms with van der Waals surface area (Å²) in [5.41, 5.74) is 1.29. The predicted molar refractivity (Wildman–Crippen MR) is 94.1 cm³/mol. The summed E-state index contributed by atoms with van der Waals surface area (Å²) < 4.78 is 5.66. The van der Waals surface area contributed by atoms with Gasteiger partial charge in [0.2, 0.25) is 5.91 Å². The number of nitrogens with zero attached hydrogens (tertiary/aromatic N) is 1. The average Bonchev–Trinajstić information content (AvgIpc) is 3.06. The first-order chi connectivity index (χ1) is 11.3. The van der Waals surface area contributed by atoms with E-state index >= 15 is 0 Å². The van der Waals surface area contributed by atoms with E-state index in [1.165, 1.54) is 5.56 Å². The van der Waals surface area contributed by atoms with Crippen molar-refractivity contribution in [2.24, 2.45) is 0 Å². The van der Waals surface area contributed by atoms with Crippen LogP contribution in [0.5, 0.6) is 5.75 Å². The maximum absolute atomic E-state index is 12.1. The quantitative estimate of drug-likeness (QED) is 0.901. The number of carbonyl (C=O) groups excluding carboxylic acids is 2. The van der Waals surface area contributed by atoms with Crippen LogP contribution in [0.3, 0.4) is 0 Å². The Kier molecular flexibility index (Phi) is 5.86. The molecule has 5 heteroatoms. The highest BCUT2D eigenvalue weighted by molar-refractivity contribution is 5.87. The first-order valence-electron chi connectivity index (χ1n) is 8.60. The maximum atomic E-state index is 12.1. The van der Waals surface area contributed by atoms with Crippen LogP contribution in [0.15, 0.2) is 24.3 Å². The highest BCUT2D eigenvalue weighted by atomic mass is 16.5. The van der Waals surface area contributed by atoms with Crippen molar-refractivity contribution in [3.63, 3.8) is 0 Å². The van der Waals surface area contributed by atoms with Crippen LogP contribution in [0.2, 0.25) is 0 Å². The molecule has 2 rings (SSSR count). The summed E-state index contributed by atoms with van der Waals surface area (Å²) in [7, 11) is 0. The van der Waals surface area contributed by atoms with E-state index in [9.17, 15) is 9.59 Å². The smallest absolute Gasteiger partial charge is 0.261 e. The highest BCUT2D eigenvalue weighted by Crippen LogP contribution is 2.24. The second-order valence-electron chi connectivity index (χ2n) is 7.34. The lowest BCUT2D eigenvalue weighted by Gasteiger charge is -2.20. The van der Waals surface area contributed by atoms with Gasteiger partial charge in [0.25, 0.3) is 5.91 Å². The second kappa shape index (κ2) is 7.69. The van der Waals surface area contributed by atoms with Gasteiger partial charge in [-0.05, 0) is 42.9 Å². The molecular formula is C19H28N2O3. The van der Waals surface area contributed by atoms with Gasteiger partial charge in [0, 0.05) is 13.1 Å². The number of carbonyl (C=O) groups is 2. The van der Waals surface area contributed by atoms with Crippen LogP contribution in [0, 0.1) is 0 Å². The van der Waals surface area contributed by atoms with Crippen LogP contribution in [0.1, 0.15) is 46.1 Å². The van der Waals surface area contributed by atoms with Crippen molar-refractivity contribution in [2.75, 3.05) is 19.6 Å². The monoisotopic (exact) mass is 332 g/mol. The lowest BCUT2D eigenvalue weighted by molar-refractivity contribution is -0.134. The topological polar surface area (TPSA) is 58.6 Å². The van der Waals surface area contributed by atoms with E-state index in [1.54, 1.807) is 11.8 Å². The van der Waals surface area contributed by atoms with Crippen molar-refractivity contribution in [3.05, 3.63) is 29.8 Å². The Morgan fingerprint density at radius 1 is 1.17 bits per heavy atom. The van der Waals surface area contributed by atoms with E-state index < -0.39 is 6.10 Å². The van der Waals surface area contributed by atoms with Crippen molar-refractivity contribution < 1.29 is 14.3 Å².